The van der Waals surface area contributed by atoms with Gasteiger partial charge in [0.2, 0.25) is 0 Å². The van der Waals surface area contributed by atoms with E-state index in [1.165, 1.54) is 12.0 Å². The van der Waals surface area contributed by atoms with E-state index in [2.05, 4.69) is 5.32 Å². The minimum Gasteiger partial charge on any atom is -0.493 e. The molecule has 1 atom stereocenters. The van der Waals surface area contributed by atoms with Crippen molar-refractivity contribution in [3.8, 4) is 11.5 Å². The number of halogens is 1. The summed E-state index contributed by atoms with van der Waals surface area (Å²) >= 11 is 6.16. The molecule has 16 heavy (non-hydrogen) atoms. The van der Waals surface area contributed by atoms with Gasteiger partial charge in [-0.2, -0.15) is 0 Å². The average molecular weight is 242 g/mol. The third-order valence-corrected chi connectivity index (χ3v) is 3.20. The highest BCUT2D eigenvalue weighted by molar-refractivity contribution is 6.32. The number of ether oxygens (including phenoxy) is 2. The van der Waals surface area contributed by atoms with Gasteiger partial charge < -0.3 is 14.8 Å². The van der Waals surface area contributed by atoms with Crippen LogP contribution in [0.15, 0.2) is 12.1 Å². The number of hydrogen-bond acceptors (Lipinski definition) is 3. The van der Waals surface area contributed by atoms with E-state index in [9.17, 15) is 0 Å². The maximum atomic E-state index is 6.16. The molecule has 1 fully saturated rings. The predicted molar refractivity (Wildman–Crippen MR) is 64.5 cm³/mol. The minimum absolute atomic E-state index is 0.386. The smallest absolute Gasteiger partial charge is 0.179 e. The molecule has 1 heterocycles. The molecule has 0 radical (unpaired) electrons. The Kier molecular flexibility index (Phi) is 3.56. The lowest BCUT2D eigenvalue weighted by Gasteiger charge is -2.15. The number of hydrogen-bond donors (Lipinski definition) is 1. The molecule has 0 amide bonds. The van der Waals surface area contributed by atoms with Gasteiger partial charge in [0, 0.05) is 6.04 Å². The second-order valence-electron chi connectivity index (χ2n) is 3.89. The normalized spacial score (nSPS) is 19.8. The van der Waals surface area contributed by atoms with Crippen molar-refractivity contribution in [2.45, 2.75) is 18.9 Å². The van der Waals surface area contributed by atoms with E-state index in [1.807, 2.05) is 12.1 Å². The van der Waals surface area contributed by atoms with Crippen LogP contribution in [0.3, 0.4) is 0 Å². The Bertz CT molecular complexity index is 376. The predicted octanol–water partition coefficient (Wildman–Crippen LogP) is 2.78. The molecule has 4 heteroatoms. The summed E-state index contributed by atoms with van der Waals surface area (Å²) in [5.74, 6) is 1.30. The first kappa shape index (κ1) is 11.6. The van der Waals surface area contributed by atoms with Crippen molar-refractivity contribution >= 4 is 11.6 Å². The summed E-state index contributed by atoms with van der Waals surface area (Å²) in [7, 11) is 3.22. The number of rotatable bonds is 3. The topological polar surface area (TPSA) is 30.5 Å². The third-order valence-electron chi connectivity index (χ3n) is 2.92. The van der Waals surface area contributed by atoms with Crippen LogP contribution in [0.2, 0.25) is 5.02 Å². The Hall–Kier alpha value is -0.930. The summed E-state index contributed by atoms with van der Waals surface area (Å²) in [4.78, 5) is 0. The summed E-state index contributed by atoms with van der Waals surface area (Å²) in [6, 6.07) is 4.33. The van der Waals surface area contributed by atoms with E-state index in [-0.39, 0.29) is 0 Å². The van der Waals surface area contributed by atoms with E-state index < -0.39 is 0 Å². The van der Waals surface area contributed by atoms with Crippen molar-refractivity contribution in [3.05, 3.63) is 22.7 Å². The summed E-state index contributed by atoms with van der Waals surface area (Å²) in [5.41, 5.74) is 1.17. The Morgan fingerprint density at radius 2 is 2.12 bits per heavy atom. The molecule has 1 saturated heterocycles. The second-order valence-corrected chi connectivity index (χ2v) is 4.29. The molecule has 1 N–H and O–H groups in total. The van der Waals surface area contributed by atoms with E-state index in [1.54, 1.807) is 14.2 Å². The highest BCUT2D eigenvalue weighted by atomic mass is 35.5. The molecule has 0 unspecified atom stereocenters. The molecule has 3 nitrogen and oxygen atoms in total. The molecule has 0 bridgehead atoms. The molecule has 1 aliphatic rings. The van der Waals surface area contributed by atoms with Crippen LogP contribution in [-0.2, 0) is 0 Å². The van der Waals surface area contributed by atoms with Gasteiger partial charge in [-0.1, -0.05) is 11.6 Å². The maximum absolute atomic E-state index is 6.16. The fraction of sp³-hybridized carbons (Fsp3) is 0.500. The van der Waals surface area contributed by atoms with Gasteiger partial charge in [-0.25, -0.2) is 0 Å². The monoisotopic (exact) mass is 241 g/mol. The van der Waals surface area contributed by atoms with E-state index >= 15 is 0 Å². The molecular formula is C12H16ClNO2. The van der Waals surface area contributed by atoms with Crippen molar-refractivity contribution in [3.63, 3.8) is 0 Å². The molecule has 1 aromatic carbocycles. The Morgan fingerprint density at radius 3 is 2.69 bits per heavy atom. The van der Waals surface area contributed by atoms with Crippen LogP contribution < -0.4 is 14.8 Å². The van der Waals surface area contributed by atoms with Gasteiger partial charge in [0.1, 0.15) is 0 Å². The Morgan fingerprint density at radius 1 is 1.31 bits per heavy atom. The molecular weight excluding hydrogens is 226 g/mol. The SMILES string of the molecule is COc1cc([C@@H]2CCCN2)cc(Cl)c1OC. The molecule has 1 aromatic rings. The van der Waals surface area contributed by atoms with Crippen molar-refractivity contribution < 1.29 is 9.47 Å². The fourth-order valence-electron chi connectivity index (χ4n) is 2.11. The Labute approximate surface area is 101 Å². The first-order valence-electron chi connectivity index (χ1n) is 5.41. The van der Waals surface area contributed by atoms with E-state index in [4.69, 9.17) is 21.1 Å². The molecule has 1 aliphatic heterocycles. The van der Waals surface area contributed by atoms with Crippen molar-refractivity contribution in [1.82, 2.24) is 5.32 Å². The van der Waals surface area contributed by atoms with Crippen LogP contribution in [0.25, 0.3) is 0 Å². The minimum atomic E-state index is 0.386. The average Bonchev–Trinajstić information content (AvgIpc) is 2.81. The molecule has 2 rings (SSSR count). The zero-order valence-corrected chi connectivity index (χ0v) is 10.3. The van der Waals surface area contributed by atoms with Gasteiger partial charge in [0.25, 0.3) is 0 Å². The highest BCUT2D eigenvalue weighted by Gasteiger charge is 2.19. The summed E-state index contributed by atoms with van der Waals surface area (Å²) in [6.45, 7) is 1.07. The van der Waals surface area contributed by atoms with Crippen LogP contribution in [0.4, 0.5) is 0 Å². The van der Waals surface area contributed by atoms with Gasteiger partial charge in [0.05, 0.1) is 19.2 Å². The van der Waals surface area contributed by atoms with Crippen molar-refractivity contribution in [2.24, 2.45) is 0 Å². The van der Waals surface area contributed by atoms with Gasteiger partial charge in [0.15, 0.2) is 11.5 Å². The zero-order chi connectivity index (χ0) is 11.5. The highest BCUT2D eigenvalue weighted by Crippen LogP contribution is 2.38. The van der Waals surface area contributed by atoms with Gasteiger partial charge in [-0.05, 0) is 37.1 Å². The maximum Gasteiger partial charge on any atom is 0.179 e. The number of nitrogens with one attached hydrogen (secondary N) is 1. The zero-order valence-electron chi connectivity index (χ0n) is 9.55. The molecule has 88 valence electrons. The Balaban J connectivity index is 2.36. The van der Waals surface area contributed by atoms with Crippen LogP contribution >= 0.6 is 11.6 Å². The molecule has 0 spiro atoms. The third kappa shape index (κ3) is 2.11. The van der Waals surface area contributed by atoms with Crippen LogP contribution in [0.5, 0.6) is 11.5 Å². The van der Waals surface area contributed by atoms with Gasteiger partial charge in [-0.15, -0.1) is 0 Å². The van der Waals surface area contributed by atoms with Crippen molar-refractivity contribution in [2.75, 3.05) is 20.8 Å². The lowest BCUT2D eigenvalue weighted by molar-refractivity contribution is 0.354. The quantitative estimate of drug-likeness (QED) is 0.883. The van der Waals surface area contributed by atoms with Crippen LogP contribution in [0.1, 0.15) is 24.4 Å². The second kappa shape index (κ2) is 4.93. The molecule has 0 aromatic heterocycles. The summed E-state index contributed by atoms with van der Waals surface area (Å²) in [6.07, 6.45) is 2.35. The number of benzene rings is 1. The lowest BCUT2D eigenvalue weighted by Crippen LogP contribution is -2.13. The van der Waals surface area contributed by atoms with E-state index in [0.29, 0.717) is 22.6 Å². The first-order valence-corrected chi connectivity index (χ1v) is 5.79. The largest absolute Gasteiger partial charge is 0.493 e. The lowest BCUT2D eigenvalue weighted by atomic mass is 10.0. The fourth-order valence-corrected chi connectivity index (χ4v) is 2.40. The van der Waals surface area contributed by atoms with Crippen molar-refractivity contribution in [1.29, 1.82) is 0 Å². The summed E-state index contributed by atoms with van der Waals surface area (Å²) < 4.78 is 10.5. The van der Waals surface area contributed by atoms with E-state index in [0.717, 1.165) is 13.0 Å². The van der Waals surface area contributed by atoms with Gasteiger partial charge >= 0.3 is 0 Å². The first-order chi connectivity index (χ1) is 7.76. The molecule has 0 saturated carbocycles. The van der Waals surface area contributed by atoms with Crippen LogP contribution in [0, 0.1) is 0 Å². The van der Waals surface area contributed by atoms with Crippen LogP contribution in [-0.4, -0.2) is 20.8 Å². The van der Waals surface area contributed by atoms with Gasteiger partial charge in [-0.3, -0.25) is 0 Å². The number of methoxy groups -OCH3 is 2. The summed E-state index contributed by atoms with van der Waals surface area (Å²) in [5, 5.41) is 4.04. The standard InChI is InChI=1S/C12H16ClNO2/c1-15-11-7-8(10-4-3-5-14-10)6-9(13)12(11)16-2/h6-7,10,14H,3-5H2,1-2H3/t10-/m0/s1. The molecule has 0 aliphatic carbocycles.